The maximum absolute atomic E-state index is 13.7. The molecule has 3 aromatic rings. The van der Waals surface area contributed by atoms with E-state index < -0.39 is 5.60 Å². The summed E-state index contributed by atoms with van der Waals surface area (Å²) < 4.78 is 27.3. The zero-order chi connectivity index (χ0) is 23.8. The molecule has 1 saturated heterocycles. The fourth-order valence-corrected chi connectivity index (χ4v) is 6.18. The van der Waals surface area contributed by atoms with Gasteiger partial charge in [0.05, 0.1) is 5.60 Å². The molecule has 1 saturated carbocycles. The molecule has 3 aromatic carbocycles. The smallest absolute Gasteiger partial charge is 0.123 e. The molecule has 0 spiro atoms. The second-order valence-electron chi connectivity index (χ2n) is 9.90. The summed E-state index contributed by atoms with van der Waals surface area (Å²) in [7, 11) is 0. The lowest BCUT2D eigenvalue weighted by molar-refractivity contribution is -0.0408. The first kappa shape index (κ1) is 23.5. The molecule has 5 rings (SSSR count). The second kappa shape index (κ2) is 9.41. The molecule has 0 unspecified atom stereocenters. The number of hydrogen-bond donors (Lipinski definition) is 1. The second-order valence-corrected chi connectivity index (χ2v) is 10.3. The number of piperidine rings is 1. The van der Waals surface area contributed by atoms with E-state index in [1.54, 1.807) is 0 Å². The molecule has 0 radical (unpaired) electrons. The number of rotatable bonds is 4. The van der Waals surface area contributed by atoms with Crippen molar-refractivity contribution in [2.75, 3.05) is 13.1 Å². The van der Waals surface area contributed by atoms with Gasteiger partial charge in [0.15, 0.2) is 0 Å². The van der Waals surface area contributed by atoms with Crippen molar-refractivity contribution in [3.63, 3.8) is 0 Å². The van der Waals surface area contributed by atoms with Crippen LogP contribution in [0.5, 0.6) is 0 Å². The minimum Gasteiger partial charge on any atom is -0.385 e. The van der Waals surface area contributed by atoms with E-state index in [0.717, 1.165) is 55.5 Å². The van der Waals surface area contributed by atoms with Gasteiger partial charge in [0, 0.05) is 29.6 Å². The maximum atomic E-state index is 13.7. The highest BCUT2D eigenvalue weighted by Gasteiger charge is 2.42. The number of aliphatic hydroxyl groups is 1. The minimum absolute atomic E-state index is 0.238. The van der Waals surface area contributed by atoms with Crippen LogP contribution in [0.25, 0.3) is 0 Å². The van der Waals surface area contributed by atoms with Gasteiger partial charge in [-0.15, -0.1) is 0 Å². The number of likely N-dealkylation sites (tertiary alicyclic amines) is 1. The van der Waals surface area contributed by atoms with E-state index in [1.165, 1.54) is 24.3 Å². The first-order valence-electron chi connectivity index (χ1n) is 12.1. The van der Waals surface area contributed by atoms with Gasteiger partial charge in [-0.25, -0.2) is 8.78 Å². The van der Waals surface area contributed by atoms with Crippen LogP contribution in [0.1, 0.15) is 55.2 Å². The molecular weight excluding hydrogens is 452 g/mol. The van der Waals surface area contributed by atoms with Gasteiger partial charge < -0.3 is 10.0 Å². The van der Waals surface area contributed by atoms with Gasteiger partial charge in [-0.05, 0) is 91.6 Å². The van der Waals surface area contributed by atoms with Crippen molar-refractivity contribution in [2.24, 2.45) is 0 Å². The third-order valence-corrected chi connectivity index (χ3v) is 8.38. The molecule has 1 heterocycles. The SMILES string of the molecule is OC1(c2ccc(Cl)cc2)CCN(C2CCC(c3ccc(F)cc3)(c3ccc(F)cc3)CC2)CC1. The highest BCUT2D eigenvalue weighted by molar-refractivity contribution is 6.30. The van der Waals surface area contributed by atoms with Crippen molar-refractivity contribution >= 4 is 11.6 Å². The minimum atomic E-state index is -0.804. The van der Waals surface area contributed by atoms with Gasteiger partial charge in [-0.3, -0.25) is 0 Å². The summed E-state index contributed by atoms with van der Waals surface area (Å²) in [4.78, 5) is 2.52. The fraction of sp³-hybridized carbons (Fsp3) is 0.379. The number of nitrogens with zero attached hydrogens (tertiary/aromatic N) is 1. The van der Waals surface area contributed by atoms with Crippen molar-refractivity contribution in [3.05, 3.63) is 106 Å². The van der Waals surface area contributed by atoms with Crippen LogP contribution in [0, 0.1) is 11.6 Å². The van der Waals surface area contributed by atoms with Crippen LogP contribution < -0.4 is 0 Å². The van der Waals surface area contributed by atoms with Gasteiger partial charge in [0.1, 0.15) is 11.6 Å². The lowest BCUT2D eigenvalue weighted by Gasteiger charge is -2.47. The molecule has 34 heavy (non-hydrogen) atoms. The Labute approximate surface area is 205 Å². The molecule has 0 amide bonds. The Morgan fingerprint density at radius 1 is 0.676 bits per heavy atom. The molecular formula is C29H30ClF2NO. The van der Waals surface area contributed by atoms with E-state index in [9.17, 15) is 13.9 Å². The van der Waals surface area contributed by atoms with E-state index >= 15 is 0 Å². The monoisotopic (exact) mass is 481 g/mol. The van der Waals surface area contributed by atoms with Gasteiger partial charge in [0.25, 0.3) is 0 Å². The topological polar surface area (TPSA) is 23.5 Å². The predicted octanol–water partition coefficient (Wildman–Crippen LogP) is 6.83. The van der Waals surface area contributed by atoms with Crippen molar-refractivity contribution < 1.29 is 13.9 Å². The summed E-state index contributed by atoms with van der Waals surface area (Å²) >= 11 is 6.02. The summed E-state index contributed by atoms with van der Waals surface area (Å²) in [6, 6.07) is 21.6. The molecule has 0 aromatic heterocycles. The van der Waals surface area contributed by atoms with Crippen LogP contribution >= 0.6 is 11.6 Å². The van der Waals surface area contributed by atoms with Gasteiger partial charge in [0.2, 0.25) is 0 Å². The first-order valence-corrected chi connectivity index (χ1v) is 12.5. The van der Waals surface area contributed by atoms with Crippen molar-refractivity contribution in [2.45, 2.75) is 55.6 Å². The van der Waals surface area contributed by atoms with Crippen LogP contribution in [0.4, 0.5) is 8.78 Å². The fourth-order valence-electron chi connectivity index (χ4n) is 6.05. The Bertz CT molecular complexity index is 1050. The summed E-state index contributed by atoms with van der Waals surface area (Å²) in [6.07, 6.45) is 5.26. The lowest BCUT2D eigenvalue weighted by Crippen LogP contribution is -2.49. The van der Waals surface area contributed by atoms with Crippen LogP contribution in [-0.4, -0.2) is 29.1 Å². The number of hydrogen-bond acceptors (Lipinski definition) is 2. The van der Waals surface area contributed by atoms with Crippen molar-refractivity contribution in [1.82, 2.24) is 4.90 Å². The van der Waals surface area contributed by atoms with Crippen molar-refractivity contribution in [1.29, 1.82) is 0 Å². The van der Waals surface area contributed by atoms with Gasteiger partial charge >= 0.3 is 0 Å². The molecule has 2 fully saturated rings. The Balaban J connectivity index is 1.30. The standard InChI is InChI=1S/C29H30ClF2NO/c30-24-7-1-23(2-8-24)29(34)17-19-33(20-18-29)27-13-15-28(16-14-27,21-3-9-25(31)10-4-21)22-5-11-26(32)12-6-22/h1-12,27,34H,13-20H2. The molecule has 0 bridgehead atoms. The maximum Gasteiger partial charge on any atom is 0.123 e. The third kappa shape index (κ3) is 4.51. The molecule has 178 valence electrons. The van der Waals surface area contributed by atoms with E-state index in [4.69, 9.17) is 11.6 Å². The molecule has 1 aliphatic heterocycles. The Kier molecular flexibility index (Phi) is 6.49. The average molecular weight is 482 g/mol. The summed E-state index contributed by atoms with van der Waals surface area (Å²) in [5.74, 6) is -0.485. The van der Waals surface area contributed by atoms with E-state index in [2.05, 4.69) is 4.90 Å². The molecule has 1 aliphatic carbocycles. The van der Waals surface area contributed by atoms with Crippen molar-refractivity contribution in [3.8, 4) is 0 Å². The van der Waals surface area contributed by atoms with Gasteiger partial charge in [-0.2, -0.15) is 0 Å². The Hall–Kier alpha value is -2.27. The van der Waals surface area contributed by atoms with Crippen LogP contribution in [0.15, 0.2) is 72.8 Å². The Morgan fingerprint density at radius 2 is 1.12 bits per heavy atom. The average Bonchev–Trinajstić information content (AvgIpc) is 2.86. The number of halogens is 3. The quantitative estimate of drug-likeness (QED) is 0.441. The molecule has 0 atom stereocenters. The zero-order valence-corrected chi connectivity index (χ0v) is 19.9. The first-order chi connectivity index (χ1) is 16.4. The zero-order valence-electron chi connectivity index (χ0n) is 19.2. The van der Waals surface area contributed by atoms with E-state index in [1.807, 2.05) is 48.5 Å². The van der Waals surface area contributed by atoms with E-state index in [0.29, 0.717) is 23.9 Å². The normalized spacial score (nSPS) is 20.8. The number of benzene rings is 3. The summed E-state index contributed by atoms with van der Waals surface area (Å²) in [5, 5.41) is 11.9. The highest BCUT2D eigenvalue weighted by Crippen LogP contribution is 2.46. The molecule has 5 heteroatoms. The highest BCUT2D eigenvalue weighted by atomic mass is 35.5. The van der Waals surface area contributed by atoms with Crippen LogP contribution in [0.3, 0.4) is 0 Å². The van der Waals surface area contributed by atoms with Crippen LogP contribution in [0.2, 0.25) is 5.02 Å². The molecule has 2 aliphatic rings. The van der Waals surface area contributed by atoms with Gasteiger partial charge in [-0.1, -0.05) is 48.0 Å². The predicted molar refractivity (Wildman–Crippen MR) is 132 cm³/mol. The third-order valence-electron chi connectivity index (χ3n) is 8.13. The Morgan fingerprint density at radius 3 is 1.59 bits per heavy atom. The molecule has 1 N–H and O–H groups in total. The summed E-state index contributed by atoms with van der Waals surface area (Å²) in [5.41, 5.74) is 2.08. The summed E-state index contributed by atoms with van der Waals surface area (Å²) in [6.45, 7) is 1.70. The molecule has 2 nitrogen and oxygen atoms in total. The lowest BCUT2D eigenvalue weighted by atomic mass is 9.64. The van der Waals surface area contributed by atoms with Crippen LogP contribution in [-0.2, 0) is 11.0 Å². The van der Waals surface area contributed by atoms with E-state index in [-0.39, 0.29) is 17.0 Å². The largest absolute Gasteiger partial charge is 0.385 e.